The van der Waals surface area contributed by atoms with Gasteiger partial charge in [0.15, 0.2) is 0 Å². The molecule has 27 heavy (non-hydrogen) atoms. The molecule has 1 aliphatic rings. The van der Waals surface area contributed by atoms with Crippen LogP contribution in [0.3, 0.4) is 0 Å². The first-order valence-corrected chi connectivity index (χ1v) is 8.96. The lowest BCUT2D eigenvalue weighted by atomic mass is 10.2. The molecule has 0 saturated heterocycles. The molecule has 0 aliphatic heterocycles. The van der Waals surface area contributed by atoms with E-state index in [0.717, 1.165) is 28.3 Å². The van der Waals surface area contributed by atoms with E-state index in [1.54, 1.807) is 12.3 Å². The first-order valence-electron chi connectivity index (χ1n) is 8.96. The second-order valence-corrected chi connectivity index (χ2v) is 6.88. The van der Waals surface area contributed by atoms with Crippen molar-refractivity contribution < 1.29 is 13.5 Å². The van der Waals surface area contributed by atoms with Gasteiger partial charge in [-0.2, -0.15) is 5.10 Å². The van der Waals surface area contributed by atoms with E-state index in [1.165, 1.54) is 4.68 Å². The molecule has 1 atom stereocenters. The van der Waals surface area contributed by atoms with Crippen molar-refractivity contribution in [1.82, 2.24) is 15.1 Å². The van der Waals surface area contributed by atoms with Crippen LogP contribution in [0.1, 0.15) is 29.3 Å². The maximum Gasteiger partial charge on any atom is 0.272 e. The lowest BCUT2D eigenvalue weighted by Crippen LogP contribution is -2.17. The number of nitrogens with one attached hydrogen (secondary N) is 1. The summed E-state index contributed by atoms with van der Waals surface area (Å²) in [4.78, 5) is 0. The number of nitrogens with zero attached hydrogens (tertiary/aromatic N) is 2. The Balaban J connectivity index is 1.40. The highest BCUT2D eigenvalue weighted by molar-refractivity contribution is 5.38. The minimum atomic E-state index is -2.63. The lowest BCUT2D eigenvalue weighted by Gasteiger charge is -2.13. The summed E-state index contributed by atoms with van der Waals surface area (Å²) in [6.07, 6.45) is 1.44. The van der Waals surface area contributed by atoms with Crippen molar-refractivity contribution in [2.75, 3.05) is 0 Å². The molecule has 1 unspecified atom stereocenters. The quantitative estimate of drug-likeness (QED) is 0.647. The molecule has 1 N–H and O–H groups in total. The molecular weight excluding hydrogens is 348 g/mol. The number of hydrogen-bond donors (Lipinski definition) is 1. The monoisotopic (exact) mass is 369 g/mol. The van der Waals surface area contributed by atoms with Crippen LogP contribution in [0, 0.1) is 6.92 Å². The second kappa shape index (κ2) is 7.12. The molecule has 1 fully saturated rings. The van der Waals surface area contributed by atoms with Gasteiger partial charge in [0.25, 0.3) is 5.92 Å². The van der Waals surface area contributed by atoms with Crippen LogP contribution in [0.2, 0.25) is 0 Å². The Morgan fingerprint density at radius 1 is 1.15 bits per heavy atom. The van der Waals surface area contributed by atoms with Crippen LogP contribution in [0.15, 0.2) is 60.8 Å². The van der Waals surface area contributed by atoms with Gasteiger partial charge in [0.1, 0.15) is 17.5 Å². The molecule has 1 heterocycles. The highest BCUT2D eigenvalue weighted by atomic mass is 19.3. The predicted octanol–water partition coefficient (Wildman–Crippen LogP) is 4.85. The van der Waals surface area contributed by atoms with Crippen LogP contribution in [-0.2, 0) is 13.1 Å². The minimum Gasteiger partial charge on any atom is -0.457 e. The Kier molecular flexibility index (Phi) is 4.66. The first kappa shape index (κ1) is 17.7. The van der Waals surface area contributed by atoms with Gasteiger partial charge in [0.05, 0.1) is 5.69 Å². The van der Waals surface area contributed by atoms with Crippen LogP contribution < -0.4 is 10.1 Å². The lowest BCUT2D eigenvalue weighted by molar-refractivity contribution is 0.0976. The van der Waals surface area contributed by atoms with Gasteiger partial charge >= 0.3 is 0 Å². The van der Waals surface area contributed by atoms with Gasteiger partial charge < -0.3 is 10.1 Å². The second-order valence-electron chi connectivity index (χ2n) is 6.88. The third-order valence-electron chi connectivity index (χ3n) is 4.65. The zero-order valence-electron chi connectivity index (χ0n) is 15.0. The van der Waals surface area contributed by atoms with Crippen molar-refractivity contribution in [2.45, 2.75) is 38.4 Å². The third kappa shape index (κ3) is 4.01. The van der Waals surface area contributed by atoms with E-state index in [4.69, 9.17) is 4.74 Å². The van der Waals surface area contributed by atoms with E-state index >= 15 is 0 Å². The molecule has 0 radical (unpaired) electrons. The number of para-hydroxylation sites is 1. The van der Waals surface area contributed by atoms with Gasteiger partial charge in [-0.15, -0.1) is 0 Å². The summed E-state index contributed by atoms with van der Waals surface area (Å²) in [6, 6.07) is 16.7. The van der Waals surface area contributed by atoms with Crippen LogP contribution in [-0.4, -0.2) is 15.7 Å². The van der Waals surface area contributed by atoms with E-state index in [1.807, 2.05) is 55.5 Å². The largest absolute Gasteiger partial charge is 0.457 e. The summed E-state index contributed by atoms with van der Waals surface area (Å²) in [7, 11) is 0. The molecule has 3 aromatic rings. The number of alkyl halides is 2. The Morgan fingerprint density at radius 2 is 1.96 bits per heavy atom. The standard InChI is InChI=1S/C21H21F2N3O/c1-15-5-4-7-18(11-15)27-19-8-3-2-6-16(19)13-24-14-17-9-10-25-26(17)20-12-21(20,22)23/h2-11,20,24H,12-14H2,1H3. The average molecular weight is 369 g/mol. The average Bonchev–Trinajstić information content (AvgIpc) is 3.04. The summed E-state index contributed by atoms with van der Waals surface area (Å²) < 4.78 is 34.1. The van der Waals surface area contributed by atoms with Gasteiger partial charge in [0.2, 0.25) is 0 Å². The van der Waals surface area contributed by atoms with E-state index < -0.39 is 12.0 Å². The maximum absolute atomic E-state index is 13.3. The predicted molar refractivity (Wildman–Crippen MR) is 99.1 cm³/mol. The molecule has 1 aliphatic carbocycles. The van der Waals surface area contributed by atoms with Crippen molar-refractivity contribution in [2.24, 2.45) is 0 Å². The van der Waals surface area contributed by atoms with Crippen molar-refractivity contribution in [3.8, 4) is 11.5 Å². The van der Waals surface area contributed by atoms with E-state index in [9.17, 15) is 8.78 Å². The fraction of sp³-hybridized carbons (Fsp3) is 0.286. The molecule has 4 rings (SSSR count). The number of ether oxygens (including phenoxy) is 1. The molecule has 0 bridgehead atoms. The number of hydrogen-bond acceptors (Lipinski definition) is 3. The number of aryl methyl sites for hydroxylation is 1. The maximum atomic E-state index is 13.3. The summed E-state index contributed by atoms with van der Waals surface area (Å²) in [5.74, 6) is -1.07. The highest BCUT2D eigenvalue weighted by Crippen LogP contribution is 2.52. The first-order chi connectivity index (χ1) is 13.0. The highest BCUT2D eigenvalue weighted by Gasteiger charge is 2.59. The minimum absolute atomic E-state index is 0.130. The normalized spacial score (nSPS) is 17.7. The van der Waals surface area contributed by atoms with Crippen molar-refractivity contribution in [3.63, 3.8) is 0 Å². The molecule has 4 nitrogen and oxygen atoms in total. The fourth-order valence-electron chi connectivity index (χ4n) is 3.11. The molecule has 140 valence electrons. The Morgan fingerprint density at radius 3 is 2.74 bits per heavy atom. The summed E-state index contributed by atoms with van der Waals surface area (Å²) in [6.45, 7) is 3.05. The third-order valence-corrected chi connectivity index (χ3v) is 4.65. The number of aromatic nitrogens is 2. The van der Waals surface area contributed by atoms with Gasteiger partial charge in [-0.3, -0.25) is 4.68 Å². The smallest absolute Gasteiger partial charge is 0.272 e. The van der Waals surface area contributed by atoms with Crippen molar-refractivity contribution in [1.29, 1.82) is 0 Å². The summed E-state index contributed by atoms with van der Waals surface area (Å²) in [5.41, 5.74) is 2.89. The summed E-state index contributed by atoms with van der Waals surface area (Å²) in [5, 5.41) is 7.36. The zero-order chi connectivity index (χ0) is 18.9. The zero-order valence-corrected chi connectivity index (χ0v) is 15.0. The number of rotatable bonds is 7. The van der Waals surface area contributed by atoms with Crippen LogP contribution >= 0.6 is 0 Å². The molecular formula is C21H21F2N3O. The topological polar surface area (TPSA) is 39.1 Å². The SMILES string of the molecule is Cc1cccc(Oc2ccccc2CNCc2ccnn2C2CC2(F)F)c1. The molecule has 0 amide bonds. The molecule has 1 aromatic heterocycles. The van der Waals surface area contributed by atoms with E-state index in [2.05, 4.69) is 10.4 Å². The molecule has 6 heteroatoms. The van der Waals surface area contributed by atoms with Gasteiger partial charge in [-0.05, 0) is 36.8 Å². The number of benzene rings is 2. The Labute approximate surface area is 156 Å². The van der Waals surface area contributed by atoms with Crippen LogP contribution in [0.5, 0.6) is 11.5 Å². The van der Waals surface area contributed by atoms with E-state index in [0.29, 0.717) is 13.1 Å². The number of halogens is 2. The van der Waals surface area contributed by atoms with Gasteiger partial charge in [0, 0.05) is 31.3 Å². The van der Waals surface area contributed by atoms with Gasteiger partial charge in [-0.1, -0.05) is 30.3 Å². The van der Waals surface area contributed by atoms with Crippen molar-refractivity contribution in [3.05, 3.63) is 77.6 Å². The molecule has 0 spiro atoms. The molecule has 2 aromatic carbocycles. The fourth-order valence-corrected chi connectivity index (χ4v) is 3.11. The van der Waals surface area contributed by atoms with Crippen LogP contribution in [0.25, 0.3) is 0 Å². The Hall–Kier alpha value is -2.73. The van der Waals surface area contributed by atoms with Gasteiger partial charge in [-0.25, -0.2) is 8.78 Å². The summed E-state index contributed by atoms with van der Waals surface area (Å²) >= 11 is 0. The Bertz CT molecular complexity index is 938. The van der Waals surface area contributed by atoms with E-state index in [-0.39, 0.29) is 6.42 Å². The van der Waals surface area contributed by atoms with Crippen LogP contribution in [0.4, 0.5) is 8.78 Å². The molecule has 1 saturated carbocycles. The van der Waals surface area contributed by atoms with Crippen molar-refractivity contribution >= 4 is 0 Å².